The highest BCUT2D eigenvalue weighted by Gasteiger charge is 2.12. The molecule has 0 radical (unpaired) electrons. The van der Waals surface area contributed by atoms with E-state index < -0.39 is 0 Å². The van der Waals surface area contributed by atoms with E-state index in [0.29, 0.717) is 0 Å². The standard InChI is InChI=1S/C34H23NS/c1-2-14-26-23(10-1)11-8-18-28(26)29-15-3-5-19-31(29)35-25-13-7-12-24(22-25)27-17-9-21-33-34(27)30-16-4-6-20-32(30)36-33/h1-22,35H. The highest BCUT2D eigenvalue weighted by atomic mass is 32.1. The van der Waals surface area contributed by atoms with Crippen LogP contribution in [0.4, 0.5) is 11.4 Å². The first-order valence-corrected chi connectivity index (χ1v) is 13.0. The van der Waals surface area contributed by atoms with Gasteiger partial charge in [0.15, 0.2) is 0 Å². The van der Waals surface area contributed by atoms with Gasteiger partial charge in [-0.1, -0.05) is 103 Å². The van der Waals surface area contributed by atoms with Crippen molar-refractivity contribution >= 4 is 53.7 Å². The van der Waals surface area contributed by atoms with Gasteiger partial charge in [0.2, 0.25) is 0 Å². The van der Waals surface area contributed by atoms with Crippen LogP contribution in [0.25, 0.3) is 53.2 Å². The third-order valence-electron chi connectivity index (χ3n) is 6.86. The van der Waals surface area contributed by atoms with Gasteiger partial charge >= 0.3 is 0 Å². The van der Waals surface area contributed by atoms with Gasteiger partial charge in [-0.15, -0.1) is 11.3 Å². The second kappa shape index (κ2) is 8.67. The number of benzene rings is 6. The first-order chi connectivity index (χ1) is 17.8. The Kier molecular flexibility index (Phi) is 5.04. The predicted octanol–water partition coefficient (Wildman–Crippen LogP) is 10.3. The zero-order chi connectivity index (χ0) is 23.9. The van der Waals surface area contributed by atoms with Gasteiger partial charge in [-0.2, -0.15) is 0 Å². The Hall–Kier alpha value is -4.40. The number of para-hydroxylation sites is 1. The van der Waals surface area contributed by atoms with E-state index in [1.54, 1.807) is 0 Å². The van der Waals surface area contributed by atoms with Gasteiger partial charge in [0, 0.05) is 37.1 Å². The lowest BCUT2D eigenvalue weighted by molar-refractivity contribution is 1.54. The number of nitrogens with one attached hydrogen (secondary N) is 1. The van der Waals surface area contributed by atoms with Crippen LogP contribution in [0.1, 0.15) is 0 Å². The molecule has 0 aliphatic rings. The zero-order valence-corrected chi connectivity index (χ0v) is 20.4. The predicted molar refractivity (Wildman–Crippen MR) is 157 cm³/mol. The molecule has 1 aromatic heterocycles. The summed E-state index contributed by atoms with van der Waals surface area (Å²) in [6, 6.07) is 47.8. The van der Waals surface area contributed by atoms with E-state index in [1.807, 2.05) is 11.3 Å². The van der Waals surface area contributed by atoms with E-state index in [2.05, 4.69) is 139 Å². The quantitative estimate of drug-likeness (QED) is 0.266. The zero-order valence-electron chi connectivity index (χ0n) is 19.6. The lowest BCUT2D eigenvalue weighted by atomic mass is 9.96. The molecule has 0 saturated heterocycles. The van der Waals surface area contributed by atoms with Crippen molar-refractivity contribution in [3.05, 3.63) is 133 Å². The van der Waals surface area contributed by atoms with Crippen molar-refractivity contribution in [3.8, 4) is 22.3 Å². The van der Waals surface area contributed by atoms with Crippen molar-refractivity contribution in [1.82, 2.24) is 0 Å². The largest absolute Gasteiger partial charge is 0.355 e. The van der Waals surface area contributed by atoms with Gasteiger partial charge in [0.25, 0.3) is 0 Å². The molecular weight excluding hydrogens is 454 g/mol. The van der Waals surface area contributed by atoms with Gasteiger partial charge in [0.1, 0.15) is 0 Å². The summed E-state index contributed by atoms with van der Waals surface area (Å²) < 4.78 is 2.66. The van der Waals surface area contributed by atoms with Crippen molar-refractivity contribution < 1.29 is 0 Å². The van der Waals surface area contributed by atoms with Gasteiger partial charge in [-0.3, -0.25) is 0 Å². The Labute approximate surface area is 214 Å². The van der Waals surface area contributed by atoms with Crippen LogP contribution < -0.4 is 5.32 Å². The van der Waals surface area contributed by atoms with E-state index in [-0.39, 0.29) is 0 Å². The minimum Gasteiger partial charge on any atom is -0.355 e. The Morgan fingerprint density at radius 1 is 0.472 bits per heavy atom. The van der Waals surface area contributed by atoms with E-state index in [9.17, 15) is 0 Å². The molecule has 7 rings (SSSR count). The first-order valence-electron chi connectivity index (χ1n) is 12.2. The van der Waals surface area contributed by atoms with Crippen molar-refractivity contribution in [3.63, 3.8) is 0 Å². The van der Waals surface area contributed by atoms with Crippen LogP contribution >= 0.6 is 11.3 Å². The molecule has 0 spiro atoms. The normalized spacial score (nSPS) is 11.3. The SMILES string of the molecule is c1cc(Nc2ccccc2-c2cccc3ccccc23)cc(-c2cccc3sc4ccccc4c23)c1. The summed E-state index contributed by atoms with van der Waals surface area (Å²) in [5.74, 6) is 0. The van der Waals surface area contributed by atoms with Crippen LogP contribution in [0.5, 0.6) is 0 Å². The van der Waals surface area contributed by atoms with Crippen LogP contribution in [0.3, 0.4) is 0 Å². The molecule has 1 nitrogen and oxygen atoms in total. The van der Waals surface area contributed by atoms with Crippen LogP contribution in [-0.4, -0.2) is 0 Å². The summed E-state index contributed by atoms with van der Waals surface area (Å²) >= 11 is 1.86. The Morgan fingerprint density at radius 3 is 2.11 bits per heavy atom. The lowest BCUT2D eigenvalue weighted by Gasteiger charge is -2.15. The molecule has 36 heavy (non-hydrogen) atoms. The van der Waals surface area contributed by atoms with Gasteiger partial charge in [-0.25, -0.2) is 0 Å². The summed E-state index contributed by atoms with van der Waals surface area (Å²) in [5, 5.41) is 8.91. The van der Waals surface area contributed by atoms with Gasteiger partial charge in [-0.05, 0) is 57.8 Å². The average Bonchev–Trinajstić information content (AvgIpc) is 3.32. The molecule has 0 amide bonds. The van der Waals surface area contributed by atoms with Crippen LogP contribution in [-0.2, 0) is 0 Å². The lowest BCUT2D eigenvalue weighted by Crippen LogP contribution is -1.94. The fourth-order valence-corrected chi connectivity index (χ4v) is 6.35. The number of hydrogen-bond donors (Lipinski definition) is 1. The molecular formula is C34H23NS. The van der Waals surface area contributed by atoms with Crippen molar-refractivity contribution in [2.45, 2.75) is 0 Å². The molecule has 0 unspecified atom stereocenters. The second-order valence-electron chi connectivity index (χ2n) is 9.06. The summed E-state index contributed by atoms with van der Waals surface area (Å²) in [7, 11) is 0. The fraction of sp³-hybridized carbons (Fsp3) is 0. The van der Waals surface area contributed by atoms with E-state index >= 15 is 0 Å². The minimum absolute atomic E-state index is 1.08. The van der Waals surface area contributed by atoms with Crippen LogP contribution in [0.2, 0.25) is 0 Å². The van der Waals surface area contributed by atoms with E-state index in [4.69, 9.17) is 0 Å². The fourth-order valence-electron chi connectivity index (χ4n) is 5.22. The van der Waals surface area contributed by atoms with Crippen LogP contribution in [0.15, 0.2) is 133 Å². The molecule has 170 valence electrons. The Balaban J connectivity index is 1.32. The number of rotatable bonds is 4. The highest BCUT2D eigenvalue weighted by Crippen LogP contribution is 2.41. The number of anilines is 2. The molecule has 6 aromatic carbocycles. The van der Waals surface area contributed by atoms with Crippen molar-refractivity contribution in [2.75, 3.05) is 5.32 Å². The molecule has 0 aliphatic carbocycles. The Bertz CT molecular complexity index is 1870. The number of thiophene rings is 1. The molecule has 1 heterocycles. The van der Waals surface area contributed by atoms with Gasteiger partial charge < -0.3 is 5.32 Å². The maximum atomic E-state index is 3.73. The van der Waals surface area contributed by atoms with Crippen molar-refractivity contribution in [2.24, 2.45) is 0 Å². The third kappa shape index (κ3) is 3.55. The molecule has 0 fully saturated rings. The topological polar surface area (TPSA) is 12.0 Å². The van der Waals surface area contributed by atoms with Crippen LogP contribution in [0, 0.1) is 0 Å². The summed E-state index contributed by atoms with van der Waals surface area (Å²) in [4.78, 5) is 0. The summed E-state index contributed by atoms with van der Waals surface area (Å²) in [6.45, 7) is 0. The first kappa shape index (κ1) is 20.9. The maximum absolute atomic E-state index is 3.73. The number of hydrogen-bond acceptors (Lipinski definition) is 2. The smallest absolute Gasteiger partial charge is 0.0464 e. The van der Waals surface area contributed by atoms with Crippen molar-refractivity contribution in [1.29, 1.82) is 0 Å². The Morgan fingerprint density at radius 2 is 1.14 bits per heavy atom. The monoisotopic (exact) mass is 477 g/mol. The molecule has 2 heteroatoms. The average molecular weight is 478 g/mol. The summed E-state index contributed by atoms with van der Waals surface area (Å²) in [6.07, 6.45) is 0. The molecule has 0 bridgehead atoms. The maximum Gasteiger partial charge on any atom is 0.0464 e. The molecule has 7 aromatic rings. The van der Waals surface area contributed by atoms with Gasteiger partial charge in [0.05, 0.1) is 0 Å². The molecule has 0 aliphatic heterocycles. The molecule has 0 atom stereocenters. The number of fused-ring (bicyclic) bond motifs is 4. The molecule has 0 saturated carbocycles. The second-order valence-corrected chi connectivity index (χ2v) is 10.1. The molecule has 1 N–H and O–H groups in total. The third-order valence-corrected chi connectivity index (χ3v) is 8.00. The summed E-state index contributed by atoms with van der Waals surface area (Å²) in [5.41, 5.74) is 7.11. The van der Waals surface area contributed by atoms with E-state index in [1.165, 1.54) is 53.2 Å². The minimum atomic E-state index is 1.08. The highest BCUT2D eigenvalue weighted by molar-refractivity contribution is 7.25. The van der Waals surface area contributed by atoms with E-state index in [0.717, 1.165) is 11.4 Å².